The van der Waals surface area contributed by atoms with Crippen molar-refractivity contribution in [2.75, 3.05) is 12.1 Å². The monoisotopic (exact) mass is 478 g/mol. The number of amides is 2. The Hall–Kier alpha value is -4.09. The molecule has 184 valence electrons. The van der Waals surface area contributed by atoms with E-state index in [4.69, 9.17) is 16.4 Å². The molecule has 0 spiro atoms. The molecule has 3 aromatic rings. The molecule has 0 atom stereocenters. The SMILES string of the molecule is CCc1cccc(N(N)C(=O)N(C)N)c1COc1ccc(-n2nc(C)c(/C=N/N=O)c2C)cc1C. The smallest absolute Gasteiger partial charge is 0.352 e. The highest BCUT2D eigenvalue weighted by Crippen LogP contribution is 2.28. The zero-order chi connectivity index (χ0) is 25.7. The molecule has 0 aliphatic heterocycles. The number of hydrogen-bond acceptors (Lipinski definition) is 7. The van der Waals surface area contributed by atoms with E-state index in [1.54, 1.807) is 10.7 Å². The summed E-state index contributed by atoms with van der Waals surface area (Å²) in [6.45, 7) is 7.93. The summed E-state index contributed by atoms with van der Waals surface area (Å²) in [5.74, 6) is 12.3. The van der Waals surface area contributed by atoms with Gasteiger partial charge in [-0.15, -0.1) is 10.0 Å². The standard InChI is InChI=1S/C24H30N8O3/c1-6-18-8-7-9-22(31(26)24(33)30(5)25)21(18)14-35-23-11-10-19(12-15(23)2)32-17(4)20(13-27-29-34)16(3)28-32/h7-13H,6,14,25-26H2,1-5H3/b27-13+. The number of benzene rings is 2. The van der Waals surface area contributed by atoms with Crippen LogP contribution in [0, 0.1) is 25.7 Å². The second-order valence-corrected chi connectivity index (χ2v) is 8.09. The Bertz CT molecular complexity index is 1270. The second-order valence-electron chi connectivity index (χ2n) is 8.09. The lowest BCUT2D eigenvalue weighted by Gasteiger charge is -2.24. The molecule has 0 aliphatic rings. The zero-order valence-electron chi connectivity index (χ0n) is 20.5. The average Bonchev–Trinajstić information content (AvgIpc) is 3.13. The summed E-state index contributed by atoms with van der Waals surface area (Å²) in [4.78, 5) is 22.7. The molecule has 0 saturated carbocycles. The molecule has 11 nitrogen and oxygen atoms in total. The molecular weight excluding hydrogens is 448 g/mol. The van der Waals surface area contributed by atoms with Crippen LogP contribution in [0.15, 0.2) is 46.8 Å². The normalized spacial score (nSPS) is 11.1. The maximum absolute atomic E-state index is 12.3. The molecule has 0 fully saturated rings. The lowest BCUT2D eigenvalue weighted by molar-refractivity contribution is 0.216. The molecule has 0 bridgehead atoms. The third-order valence-electron chi connectivity index (χ3n) is 5.75. The molecule has 0 aliphatic carbocycles. The van der Waals surface area contributed by atoms with E-state index in [1.807, 2.05) is 58.0 Å². The molecule has 1 heterocycles. The highest BCUT2D eigenvalue weighted by Gasteiger charge is 2.20. The van der Waals surface area contributed by atoms with Crippen molar-refractivity contribution in [3.05, 3.63) is 74.9 Å². The van der Waals surface area contributed by atoms with Crippen LogP contribution in [0.5, 0.6) is 5.75 Å². The van der Waals surface area contributed by atoms with Gasteiger partial charge in [0.15, 0.2) is 0 Å². The van der Waals surface area contributed by atoms with Crippen molar-refractivity contribution >= 4 is 17.9 Å². The third-order valence-corrected chi connectivity index (χ3v) is 5.75. The third kappa shape index (κ3) is 5.36. The van der Waals surface area contributed by atoms with Gasteiger partial charge in [0.2, 0.25) is 0 Å². The summed E-state index contributed by atoms with van der Waals surface area (Å²) in [6.07, 6.45) is 2.15. The van der Waals surface area contributed by atoms with Crippen LogP contribution in [0.25, 0.3) is 5.69 Å². The number of ether oxygens (including phenoxy) is 1. The number of nitrogens with two attached hydrogens (primary N) is 2. The van der Waals surface area contributed by atoms with Gasteiger partial charge in [-0.05, 0) is 62.6 Å². The van der Waals surface area contributed by atoms with Gasteiger partial charge in [0, 0.05) is 18.2 Å². The molecule has 0 saturated heterocycles. The van der Waals surface area contributed by atoms with Crippen LogP contribution in [0.4, 0.5) is 10.5 Å². The fraction of sp³-hybridized carbons (Fsp3) is 0.292. The molecule has 3 rings (SSSR count). The first-order chi connectivity index (χ1) is 16.7. The van der Waals surface area contributed by atoms with Crippen molar-refractivity contribution in [2.45, 2.75) is 40.7 Å². The fourth-order valence-corrected chi connectivity index (χ4v) is 3.87. The van der Waals surface area contributed by atoms with E-state index < -0.39 is 6.03 Å². The molecule has 0 unspecified atom stereocenters. The van der Waals surface area contributed by atoms with E-state index in [-0.39, 0.29) is 6.61 Å². The van der Waals surface area contributed by atoms with Crippen LogP contribution in [-0.4, -0.2) is 34.1 Å². The lowest BCUT2D eigenvalue weighted by atomic mass is 10.0. The number of anilines is 1. The van der Waals surface area contributed by atoms with Gasteiger partial charge in [-0.2, -0.15) is 5.10 Å². The van der Waals surface area contributed by atoms with Crippen molar-refractivity contribution in [1.29, 1.82) is 0 Å². The molecule has 0 radical (unpaired) electrons. The number of urea groups is 1. The number of aryl methyl sites for hydroxylation is 3. The van der Waals surface area contributed by atoms with E-state index in [9.17, 15) is 9.70 Å². The Morgan fingerprint density at radius 2 is 1.94 bits per heavy atom. The highest BCUT2D eigenvalue weighted by atomic mass is 16.5. The van der Waals surface area contributed by atoms with E-state index in [0.29, 0.717) is 11.4 Å². The summed E-state index contributed by atoms with van der Waals surface area (Å²) < 4.78 is 7.94. The Balaban J connectivity index is 1.88. The number of carbonyl (C=O) groups is 1. The average molecular weight is 479 g/mol. The van der Waals surface area contributed by atoms with Gasteiger partial charge >= 0.3 is 6.03 Å². The summed E-state index contributed by atoms with van der Waals surface area (Å²) in [7, 11) is 1.44. The van der Waals surface area contributed by atoms with Crippen molar-refractivity contribution < 1.29 is 9.53 Å². The Labute approximate surface area is 203 Å². The number of hydrogen-bond donors (Lipinski definition) is 2. The van der Waals surface area contributed by atoms with Crippen LogP contribution in [0.1, 0.15) is 40.6 Å². The first-order valence-electron chi connectivity index (χ1n) is 11.0. The molecular formula is C24H30N8O3. The number of nitrogens with zero attached hydrogens (tertiary/aromatic N) is 6. The summed E-state index contributed by atoms with van der Waals surface area (Å²) >= 11 is 0. The lowest BCUT2D eigenvalue weighted by Crippen LogP contribution is -2.49. The zero-order valence-corrected chi connectivity index (χ0v) is 20.5. The largest absolute Gasteiger partial charge is 0.489 e. The number of hydrazine groups is 2. The maximum atomic E-state index is 12.3. The van der Waals surface area contributed by atoms with Crippen LogP contribution in [0.2, 0.25) is 0 Å². The van der Waals surface area contributed by atoms with Gasteiger partial charge in [-0.25, -0.2) is 26.2 Å². The van der Waals surface area contributed by atoms with Crippen LogP contribution in [-0.2, 0) is 13.0 Å². The number of rotatable bonds is 8. The quantitative estimate of drug-likeness (QED) is 0.166. The topological polar surface area (TPSA) is 144 Å². The minimum Gasteiger partial charge on any atom is -0.489 e. The predicted molar refractivity (Wildman–Crippen MR) is 135 cm³/mol. The molecule has 4 N–H and O–H groups in total. The molecule has 2 aromatic carbocycles. The first-order valence-corrected chi connectivity index (χ1v) is 11.0. The molecule has 2 amide bonds. The van der Waals surface area contributed by atoms with Crippen molar-refractivity contribution in [1.82, 2.24) is 14.8 Å². The number of nitroso groups, excluding NO2 is 1. The van der Waals surface area contributed by atoms with Gasteiger partial charge in [0.1, 0.15) is 12.4 Å². The number of aromatic nitrogens is 2. The van der Waals surface area contributed by atoms with Gasteiger partial charge in [0.05, 0.1) is 34.3 Å². The van der Waals surface area contributed by atoms with Crippen LogP contribution >= 0.6 is 0 Å². The second kappa shape index (κ2) is 10.9. The minimum atomic E-state index is -0.543. The molecule has 11 heteroatoms. The summed E-state index contributed by atoms with van der Waals surface area (Å²) in [5.41, 5.74) is 6.41. The van der Waals surface area contributed by atoms with E-state index in [1.165, 1.54) is 13.3 Å². The first kappa shape index (κ1) is 25.5. The summed E-state index contributed by atoms with van der Waals surface area (Å²) in [6, 6.07) is 10.8. The Morgan fingerprint density at radius 1 is 1.20 bits per heavy atom. The van der Waals surface area contributed by atoms with Crippen LogP contribution in [0.3, 0.4) is 0 Å². The van der Waals surface area contributed by atoms with Gasteiger partial charge in [-0.3, -0.25) is 5.01 Å². The van der Waals surface area contributed by atoms with Crippen molar-refractivity contribution in [2.24, 2.45) is 22.1 Å². The van der Waals surface area contributed by atoms with Gasteiger partial charge < -0.3 is 4.74 Å². The van der Waals surface area contributed by atoms with Crippen molar-refractivity contribution in [3.8, 4) is 11.4 Å². The Morgan fingerprint density at radius 3 is 2.57 bits per heavy atom. The summed E-state index contributed by atoms with van der Waals surface area (Å²) in [5, 5.41) is 12.5. The number of carbonyl (C=O) groups excluding carboxylic acids is 1. The van der Waals surface area contributed by atoms with Gasteiger partial charge in [-0.1, -0.05) is 19.1 Å². The minimum absolute atomic E-state index is 0.216. The molecule has 1 aromatic heterocycles. The van der Waals surface area contributed by atoms with E-state index in [0.717, 1.165) is 55.8 Å². The van der Waals surface area contributed by atoms with Gasteiger partial charge in [0.25, 0.3) is 0 Å². The highest BCUT2D eigenvalue weighted by molar-refractivity contribution is 5.91. The Kier molecular flexibility index (Phi) is 7.94. The maximum Gasteiger partial charge on any atom is 0.352 e. The van der Waals surface area contributed by atoms with Crippen LogP contribution < -0.4 is 21.4 Å². The van der Waals surface area contributed by atoms with Crippen molar-refractivity contribution in [3.63, 3.8) is 0 Å². The van der Waals surface area contributed by atoms with E-state index >= 15 is 0 Å². The fourth-order valence-electron chi connectivity index (χ4n) is 3.87. The molecule has 35 heavy (non-hydrogen) atoms. The predicted octanol–water partition coefficient (Wildman–Crippen LogP) is 3.64. The van der Waals surface area contributed by atoms with E-state index in [2.05, 4.69) is 15.5 Å².